The third-order valence-electron chi connectivity index (χ3n) is 3.90. The van der Waals surface area contributed by atoms with Gasteiger partial charge in [-0.2, -0.15) is 0 Å². The molecule has 0 amide bonds. The van der Waals surface area contributed by atoms with E-state index in [0.29, 0.717) is 17.5 Å². The third kappa shape index (κ3) is 4.71. The van der Waals surface area contributed by atoms with Crippen LogP contribution in [0.3, 0.4) is 0 Å². The molecule has 7 heteroatoms. The number of aromatic nitrogens is 1. The van der Waals surface area contributed by atoms with Crippen molar-refractivity contribution in [3.05, 3.63) is 58.9 Å². The average molecular weight is 394 g/mol. The number of hydrogen-bond donors (Lipinski definition) is 0. The second-order valence-corrected chi connectivity index (χ2v) is 7.14. The third-order valence-corrected chi connectivity index (χ3v) is 4.47. The lowest BCUT2D eigenvalue weighted by Gasteiger charge is -2.25. The van der Waals surface area contributed by atoms with E-state index in [-0.39, 0.29) is 11.3 Å². The molecule has 138 valence electrons. The van der Waals surface area contributed by atoms with Gasteiger partial charge in [0.1, 0.15) is 17.0 Å². The Balaban J connectivity index is 1.80. The summed E-state index contributed by atoms with van der Waals surface area (Å²) >= 11 is 11.3. The maximum Gasteiger partial charge on any atom is 0.358 e. The Kier molecular flexibility index (Phi) is 5.77. The topological polar surface area (TPSA) is 49.8 Å². The molecule has 1 unspecified atom stereocenters. The Morgan fingerprint density at radius 2 is 2.08 bits per heavy atom. The molecule has 0 radical (unpaired) electrons. The van der Waals surface area contributed by atoms with E-state index in [4.69, 9.17) is 42.8 Å². The molecule has 0 saturated carbocycles. The zero-order valence-electron chi connectivity index (χ0n) is 14.8. The molecule has 26 heavy (non-hydrogen) atoms. The van der Waals surface area contributed by atoms with Crippen molar-refractivity contribution in [3.63, 3.8) is 0 Å². The molecule has 2 heterocycles. The van der Waals surface area contributed by atoms with Crippen LogP contribution in [0.4, 0.5) is 0 Å². The van der Waals surface area contributed by atoms with Gasteiger partial charge in [0.25, 0.3) is 0 Å². The van der Waals surface area contributed by atoms with Gasteiger partial charge in [-0.05, 0) is 44.5 Å². The van der Waals surface area contributed by atoms with Gasteiger partial charge in [-0.3, -0.25) is 0 Å². The zero-order valence-corrected chi connectivity index (χ0v) is 16.3. The molecule has 1 aromatic heterocycles. The van der Waals surface area contributed by atoms with Crippen molar-refractivity contribution in [3.8, 4) is 5.75 Å². The smallest absolute Gasteiger partial charge is 0.358 e. The molecule has 1 aromatic carbocycles. The first-order chi connectivity index (χ1) is 12.3. The summed E-state index contributed by atoms with van der Waals surface area (Å²) in [5.41, 5.74) is 1.63. The standard InChI is InChI=1S/C19H20ClNO4S/c1-12-9-13(10-21-17(12)20)16(15-11-22-19(2,3)25-15)24-18(26)23-14-7-5-4-6-8-14/h4-10,15-16H,11H2,1-3H3/t15-,16?/m0/s1. The Bertz CT molecular complexity index is 784. The molecule has 1 aliphatic heterocycles. The summed E-state index contributed by atoms with van der Waals surface area (Å²) in [5.74, 6) is -0.0890. The minimum absolute atomic E-state index is 0.00195. The lowest BCUT2D eigenvalue weighted by molar-refractivity contribution is -0.150. The Morgan fingerprint density at radius 3 is 2.69 bits per heavy atom. The highest BCUT2D eigenvalue weighted by Crippen LogP contribution is 2.34. The Labute approximate surface area is 163 Å². The molecule has 1 fully saturated rings. The van der Waals surface area contributed by atoms with Crippen molar-refractivity contribution in [2.45, 2.75) is 38.8 Å². The fourth-order valence-electron chi connectivity index (χ4n) is 2.67. The van der Waals surface area contributed by atoms with Gasteiger partial charge in [0.05, 0.1) is 6.61 Å². The van der Waals surface area contributed by atoms with Gasteiger partial charge in [0.15, 0.2) is 11.9 Å². The summed E-state index contributed by atoms with van der Waals surface area (Å²) < 4.78 is 23.2. The lowest BCUT2D eigenvalue weighted by atomic mass is 10.1. The summed E-state index contributed by atoms with van der Waals surface area (Å²) in [6, 6.07) is 11.1. The van der Waals surface area contributed by atoms with Crippen LogP contribution in [0.5, 0.6) is 5.75 Å². The molecule has 1 aliphatic rings. The highest BCUT2D eigenvalue weighted by Gasteiger charge is 2.40. The predicted molar refractivity (Wildman–Crippen MR) is 102 cm³/mol. The number of halogens is 1. The number of aryl methyl sites for hydroxylation is 1. The van der Waals surface area contributed by atoms with Gasteiger partial charge < -0.3 is 18.9 Å². The van der Waals surface area contributed by atoms with E-state index in [1.54, 1.807) is 18.3 Å². The zero-order chi connectivity index (χ0) is 18.7. The van der Waals surface area contributed by atoms with Crippen LogP contribution in [-0.2, 0) is 14.2 Å². The maximum absolute atomic E-state index is 6.05. The quantitative estimate of drug-likeness (QED) is 0.558. The van der Waals surface area contributed by atoms with Crippen LogP contribution in [0, 0.1) is 6.92 Å². The number of hydrogen-bond acceptors (Lipinski definition) is 6. The van der Waals surface area contributed by atoms with Crippen LogP contribution in [0.2, 0.25) is 5.15 Å². The van der Waals surface area contributed by atoms with Crippen molar-refractivity contribution in [2.75, 3.05) is 6.61 Å². The van der Waals surface area contributed by atoms with Crippen LogP contribution in [0.15, 0.2) is 42.6 Å². The van der Waals surface area contributed by atoms with E-state index in [1.165, 1.54) is 0 Å². The molecule has 5 nitrogen and oxygen atoms in total. The van der Waals surface area contributed by atoms with Crippen molar-refractivity contribution in [1.29, 1.82) is 0 Å². The number of rotatable bonds is 4. The molecule has 0 bridgehead atoms. The average Bonchev–Trinajstić information content (AvgIpc) is 2.96. The molecule has 2 atom stereocenters. The molecular formula is C19H20ClNO4S. The first-order valence-electron chi connectivity index (χ1n) is 8.21. The second-order valence-electron chi connectivity index (χ2n) is 6.45. The van der Waals surface area contributed by atoms with Crippen LogP contribution in [-0.4, -0.2) is 28.7 Å². The molecule has 3 rings (SSSR count). The van der Waals surface area contributed by atoms with Gasteiger partial charge in [-0.25, -0.2) is 4.98 Å². The second kappa shape index (κ2) is 7.88. The summed E-state index contributed by atoms with van der Waals surface area (Å²) in [6.45, 7) is 5.96. The normalized spacial score (nSPS) is 19.8. The number of pyridine rings is 1. The number of benzene rings is 1. The fraction of sp³-hybridized carbons (Fsp3) is 0.368. The van der Waals surface area contributed by atoms with E-state index in [2.05, 4.69) is 4.98 Å². The van der Waals surface area contributed by atoms with Gasteiger partial charge in [0, 0.05) is 24.0 Å². The fourth-order valence-corrected chi connectivity index (χ4v) is 2.97. The van der Waals surface area contributed by atoms with Gasteiger partial charge in [-0.15, -0.1) is 0 Å². The van der Waals surface area contributed by atoms with Crippen molar-refractivity contribution in [1.82, 2.24) is 4.98 Å². The van der Waals surface area contributed by atoms with E-state index < -0.39 is 11.9 Å². The summed E-state index contributed by atoms with van der Waals surface area (Å²) in [6.07, 6.45) is 0.765. The van der Waals surface area contributed by atoms with E-state index in [0.717, 1.165) is 11.1 Å². The summed E-state index contributed by atoms with van der Waals surface area (Å²) in [5, 5.41) is 0.446. The molecule has 2 aromatic rings. The van der Waals surface area contributed by atoms with E-state index in [9.17, 15) is 0 Å². The van der Waals surface area contributed by atoms with Gasteiger partial charge >= 0.3 is 5.24 Å². The number of ether oxygens (including phenoxy) is 4. The van der Waals surface area contributed by atoms with E-state index >= 15 is 0 Å². The minimum Gasteiger partial charge on any atom is -0.445 e. The van der Waals surface area contributed by atoms with Crippen molar-refractivity contribution in [2.24, 2.45) is 0 Å². The minimum atomic E-state index is -0.691. The molecule has 1 saturated heterocycles. The lowest BCUT2D eigenvalue weighted by Crippen LogP contribution is -2.29. The number of nitrogens with zero attached hydrogens (tertiary/aromatic N) is 1. The molecular weight excluding hydrogens is 374 g/mol. The highest BCUT2D eigenvalue weighted by atomic mass is 35.5. The molecule has 0 spiro atoms. The summed E-state index contributed by atoms with van der Waals surface area (Å²) in [7, 11) is 0. The maximum atomic E-state index is 6.05. The van der Waals surface area contributed by atoms with Crippen LogP contribution in [0.25, 0.3) is 0 Å². The van der Waals surface area contributed by atoms with Gasteiger partial charge in [-0.1, -0.05) is 29.8 Å². The van der Waals surface area contributed by atoms with Gasteiger partial charge in [0.2, 0.25) is 0 Å². The number of thiocarbonyl (C=S) groups is 1. The highest BCUT2D eigenvalue weighted by molar-refractivity contribution is 7.79. The van der Waals surface area contributed by atoms with E-state index in [1.807, 2.05) is 45.0 Å². The monoisotopic (exact) mass is 393 g/mol. The molecule has 0 aliphatic carbocycles. The predicted octanol–water partition coefficient (Wildman–Crippen LogP) is 4.62. The van der Waals surface area contributed by atoms with Crippen LogP contribution in [0.1, 0.15) is 31.1 Å². The first-order valence-corrected chi connectivity index (χ1v) is 9.00. The van der Waals surface area contributed by atoms with Crippen molar-refractivity contribution < 1.29 is 18.9 Å². The summed E-state index contributed by atoms with van der Waals surface area (Å²) in [4.78, 5) is 4.20. The molecule has 0 N–H and O–H groups in total. The Hall–Kier alpha value is -1.73. The van der Waals surface area contributed by atoms with Crippen LogP contribution < -0.4 is 4.74 Å². The Morgan fingerprint density at radius 1 is 1.35 bits per heavy atom. The SMILES string of the molecule is Cc1cc(C(OC(=S)Oc2ccccc2)[C@@H]2COC(C)(C)O2)cnc1Cl. The first kappa shape index (κ1) is 19.0. The largest absolute Gasteiger partial charge is 0.445 e. The number of para-hydroxylation sites is 1. The van der Waals surface area contributed by atoms with Crippen LogP contribution >= 0.6 is 23.8 Å². The van der Waals surface area contributed by atoms with Crippen molar-refractivity contribution >= 4 is 29.1 Å².